The smallest absolute Gasteiger partial charge is 0.239 e. The highest BCUT2D eigenvalue weighted by Crippen LogP contribution is 2.48. The normalized spacial score (nSPS) is 43.1. The molecule has 4 atom stereocenters. The number of likely N-dealkylation sites (tertiary alicyclic amines) is 1. The van der Waals surface area contributed by atoms with E-state index >= 15 is 0 Å². The lowest BCUT2D eigenvalue weighted by Gasteiger charge is -2.27. The summed E-state index contributed by atoms with van der Waals surface area (Å²) in [7, 11) is 0. The molecule has 0 radical (unpaired) electrons. The number of amides is 1. The van der Waals surface area contributed by atoms with Crippen LogP contribution in [0, 0.1) is 17.8 Å². The molecule has 100 valence electrons. The molecule has 3 heteroatoms. The molecule has 3 aliphatic carbocycles. The second-order valence-electron chi connectivity index (χ2n) is 7.00. The Hall–Kier alpha value is -0.570. The predicted octanol–water partition coefficient (Wildman–Crippen LogP) is 1.78. The average molecular weight is 248 g/mol. The quantitative estimate of drug-likeness (QED) is 0.822. The van der Waals surface area contributed by atoms with Crippen LogP contribution in [0.5, 0.6) is 0 Å². The van der Waals surface area contributed by atoms with Crippen LogP contribution >= 0.6 is 0 Å². The van der Waals surface area contributed by atoms with Crippen LogP contribution in [0.25, 0.3) is 0 Å². The minimum absolute atomic E-state index is 0.149. The molecule has 0 aromatic carbocycles. The summed E-state index contributed by atoms with van der Waals surface area (Å²) < 4.78 is 0. The monoisotopic (exact) mass is 248 g/mol. The van der Waals surface area contributed by atoms with Crippen LogP contribution in [-0.2, 0) is 4.79 Å². The molecule has 0 aromatic rings. The molecular formula is C15H24N2O. The second-order valence-corrected chi connectivity index (χ2v) is 7.00. The number of hydrogen-bond acceptors (Lipinski definition) is 2. The van der Waals surface area contributed by atoms with E-state index in [1.807, 2.05) is 0 Å². The van der Waals surface area contributed by atoms with Gasteiger partial charge in [0.15, 0.2) is 0 Å². The average Bonchev–Trinajstić information content (AvgIpc) is 2.79. The summed E-state index contributed by atoms with van der Waals surface area (Å²) >= 11 is 0. The molecule has 3 nitrogen and oxygen atoms in total. The summed E-state index contributed by atoms with van der Waals surface area (Å²) in [6.07, 6.45) is 9.33. The van der Waals surface area contributed by atoms with Gasteiger partial charge in [-0.15, -0.1) is 0 Å². The van der Waals surface area contributed by atoms with Crippen molar-refractivity contribution in [2.75, 3.05) is 13.1 Å². The van der Waals surface area contributed by atoms with Gasteiger partial charge in [-0.3, -0.25) is 4.79 Å². The summed E-state index contributed by atoms with van der Waals surface area (Å²) in [6, 6.07) is 0.803. The van der Waals surface area contributed by atoms with Gasteiger partial charge >= 0.3 is 0 Å². The van der Waals surface area contributed by atoms with Gasteiger partial charge in [0.2, 0.25) is 5.91 Å². The van der Waals surface area contributed by atoms with Gasteiger partial charge in [-0.2, -0.15) is 0 Å². The van der Waals surface area contributed by atoms with Crippen molar-refractivity contribution in [2.24, 2.45) is 17.8 Å². The molecule has 0 aromatic heterocycles. The molecule has 0 spiro atoms. The SMILES string of the molecule is O=C1C(NC2CC2)CCN1CC1CC2CCC1C2. The molecule has 1 aliphatic heterocycles. The highest BCUT2D eigenvalue weighted by Gasteiger charge is 2.42. The Morgan fingerprint density at radius 1 is 1.11 bits per heavy atom. The van der Waals surface area contributed by atoms with Gasteiger partial charge in [-0.1, -0.05) is 6.42 Å². The number of nitrogens with zero attached hydrogens (tertiary/aromatic N) is 1. The first-order chi connectivity index (χ1) is 8.79. The maximum absolute atomic E-state index is 12.3. The van der Waals surface area contributed by atoms with Crippen molar-refractivity contribution in [1.29, 1.82) is 0 Å². The molecule has 18 heavy (non-hydrogen) atoms. The number of fused-ring (bicyclic) bond motifs is 2. The lowest BCUT2D eigenvalue weighted by Crippen LogP contribution is -2.41. The number of nitrogens with one attached hydrogen (secondary N) is 1. The number of carbonyl (C=O) groups is 1. The van der Waals surface area contributed by atoms with Crippen molar-refractivity contribution in [2.45, 2.75) is 57.0 Å². The van der Waals surface area contributed by atoms with Gasteiger partial charge in [-0.25, -0.2) is 0 Å². The third kappa shape index (κ3) is 1.97. The summed E-state index contributed by atoms with van der Waals surface area (Å²) in [4.78, 5) is 14.5. The van der Waals surface area contributed by atoms with Crippen LogP contribution in [-0.4, -0.2) is 36.0 Å². The van der Waals surface area contributed by atoms with Gasteiger partial charge in [0.05, 0.1) is 6.04 Å². The molecule has 4 fully saturated rings. The Balaban J connectivity index is 1.33. The van der Waals surface area contributed by atoms with Gasteiger partial charge < -0.3 is 10.2 Å². The minimum atomic E-state index is 0.149. The Morgan fingerprint density at radius 3 is 2.67 bits per heavy atom. The van der Waals surface area contributed by atoms with Crippen LogP contribution in [0.4, 0.5) is 0 Å². The Morgan fingerprint density at radius 2 is 2.00 bits per heavy atom. The zero-order valence-corrected chi connectivity index (χ0v) is 11.1. The van der Waals surface area contributed by atoms with E-state index in [-0.39, 0.29) is 6.04 Å². The third-order valence-electron chi connectivity index (χ3n) is 5.65. The van der Waals surface area contributed by atoms with E-state index < -0.39 is 0 Å². The van der Waals surface area contributed by atoms with E-state index in [0.29, 0.717) is 11.9 Å². The van der Waals surface area contributed by atoms with Crippen LogP contribution < -0.4 is 5.32 Å². The summed E-state index contributed by atoms with van der Waals surface area (Å²) in [6.45, 7) is 2.06. The van der Waals surface area contributed by atoms with E-state index in [4.69, 9.17) is 0 Å². The van der Waals surface area contributed by atoms with Crippen molar-refractivity contribution in [3.63, 3.8) is 0 Å². The molecule has 4 aliphatic rings. The largest absolute Gasteiger partial charge is 0.341 e. The first-order valence-corrected chi connectivity index (χ1v) is 7.84. The minimum Gasteiger partial charge on any atom is -0.341 e. The van der Waals surface area contributed by atoms with Crippen LogP contribution in [0.1, 0.15) is 44.9 Å². The Kier molecular flexibility index (Phi) is 2.65. The van der Waals surface area contributed by atoms with E-state index in [2.05, 4.69) is 10.2 Å². The Labute approximate surface area is 109 Å². The van der Waals surface area contributed by atoms with E-state index in [9.17, 15) is 4.79 Å². The van der Waals surface area contributed by atoms with E-state index in [1.54, 1.807) is 0 Å². The van der Waals surface area contributed by atoms with Gasteiger partial charge in [0.1, 0.15) is 0 Å². The molecule has 4 unspecified atom stereocenters. The Bertz CT molecular complexity index is 352. The predicted molar refractivity (Wildman–Crippen MR) is 70.1 cm³/mol. The molecule has 1 heterocycles. The third-order valence-corrected chi connectivity index (χ3v) is 5.65. The maximum atomic E-state index is 12.3. The first kappa shape index (κ1) is 11.3. The first-order valence-electron chi connectivity index (χ1n) is 7.84. The lowest BCUT2D eigenvalue weighted by molar-refractivity contribution is -0.130. The van der Waals surface area contributed by atoms with Crippen molar-refractivity contribution in [3.05, 3.63) is 0 Å². The molecule has 2 bridgehead atoms. The molecule has 1 amide bonds. The topological polar surface area (TPSA) is 32.3 Å². The fourth-order valence-electron chi connectivity index (χ4n) is 4.49. The zero-order chi connectivity index (χ0) is 12.1. The zero-order valence-electron chi connectivity index (χ0n) is 11.1. The molecule has 1 saturated heterocycles. The molecular weight excluding hydrogens is 224 g/mol. The summed E-state index contributed by atoms with van der Waals surface area (Å²) in [5.41, 5.74) is 0. The fourth-order valence-corrected chi connectivity index (χ4v) is 4.49. The molecule has 3 saturated carbocycles. The van der Waals surface area contributed by atoms with Gasteiger partial charge in [0, 0.05) is 19.1 Å². The number of carbonyl (C=O) groups excluding carboxylic acids is 1. The van der Waals surface area contributed by atoms with Crippen molar-refractivity contribution >= 4 is 5.91 Å². The van der Waals surface area contributed by atoms with Crippen molar-refractivity contribution < 1.29 is 4.79 Å². The highest BCUT2D eigenvalue weighted by atomic mass is 16.2. The van der Waals surface area contributed by atoms with Crippen LogP contribution in [0.3, 0.4) is 0 Å². The van der Waals surface area contributed by atoms with Crippen molar-refractivity contribution in [3.8, 4) is 0 Å². The number of rotatable bonds is 4. The molecule has 1 N–H and O–H groups in total. The highest BCUT2D eigenvalue weighted by molar-refractivity contribution is 5.84. The maximum Gasteiger partial charge on any atom is 0.239 e. The van der Waals surface area contributed by atoms with Crippen LogP contribution in [0.2, 0.25) is 0 Å². The van der Waals surface area contributed by atoms with Crippen molar-refractivity contribution in [1.82, 2.24) is 10.2 Å². The second kappa shape index (κ2) is 4.22. The lowest BCUT2D eigenvalue weighted by atomic mass is 9.88. The van der Waals surface area contributed by atoms with Gasteiger partial charge in [0.25, 0.3) is 0 Å². The van der Waals surface area contributed by atoms with Crippen LogP contribution in [0.15, 0.2) is 0 Å². The summed E-state index contributed by atoms with van der Waals surface area (Å²) in [5.74, 6) is 3.16. The number of hydrogen-bond donors (Lipinski definition) is 1. The molecule has 4 rings (SSSR count). The van der Waals surface area contributed by atoms with Gasteiger partial charge in [-0.05, 0) is 56.3 Å². The standard InChI is InChI=1S/C15H24N2O/c18-15-14(16-13-3-4-13)5-6-17(15)9-12-8-10-1-2-11(12)7-10/h10-14,16H,1-9H2. The summed E-state index contributed by atoms with van der Waals surface area (Å²) in [5, 5.41) is 3.50. The van der Waals surface area contributed by atoms with E-state index in [1.165, 1.54) is 38.5 Å². The fraction of sp³-hybridized carbons (Fsp3) is 0.933. The van der Waals surface area contributed by atoms with E-state index in [0.717, 1.165) is 37.3 Å².